The van der Waals surface area contributed by atoms with Crippen LogP contribution in [0.1, 0.15) is 43.2 Å². The standard InChI is InChI=1S/C49H37N3O/c1-2-11-31(12-3-1)46-50-47(33-14-8-13-32(28-33)36-17-10-22-43-44(36)39-16-5-7-21-42(39)53-43)52-48(51-46)40-19-9-18-38-37-15-4-6-20-41(37)49(45(38)40)34-24-29-23-30(26-34)27-35(49)25-29/h1-22,28-30,34-35H,23-27H2. The number of fused-ring (bicyclic) bond motifs is 6. The molecule has 6 aromatic carbocycles. The normalized spacial score (nSPS) is 23.5. The van der Waals surface area contributed by atoms with Gasteiger partial charge in [0, 0.05) is 32.9 Å². The molecule has 2 heterocycles. The first-order valence-electron chi connectivity index (χ1n) is 19.3. The summed E-state index contributed by atoms with van der Waals surface area (Å²) in [5.74, 6) is 5.20. The molecule has 4 saturated carbocycles. The first kappa shape index (κ1) is 29.7. The van der Waals surface area contributed by atoms with Gasteiger partial charge in [-0.25, -0.2) is 15.0 Å². The molecule has 0 radical (unpaired) electrons. The highest BCUT2D eigenvalue weighted by molar-refractivity contribution is 6.12. The van der Waals surface area contributed by atoms with E-state index in [4.69, 9.17) is 19.4 Å². The summed E-state index contributed by atoms with van der Waals surface area (Å²) in [5, 5.41) is 2.25. The smallest absolute Gasteiger partial charge is 0.164 e. The Morgan fingerprint density at radius 2 is 1.04 bits per heavy atom. The number of nitrogens with zero attached hydrogens (tertiary/aromatic N) is 3. The number of furan rings is 1. The topological polar surface area (TPSA) is 51.8 Å². The van der Waals surface area contributed by atoms with Crippen LogP contribution in [0.25, 0.3) is 78.4 Å². The van der Waals surface area contributed by atoms with Crippen molar-refractivity contribution in [2.45, 2.75) is 37.5 Å². The molecular formula is C49H37N3O. The Balaban J connectivity index is 1.07. The Hall–Kier alpha value is -5.87. The Labute approximate surface area is 308 Å². The number of benzene rings is 6. The molecule has 8 aromatic rings. The summed E-state index contributed by atoms with van der Waals surface area (Å²) in [7, 11) is 0. The molecule has 5 aliphatic carbocycles. The molecule has 0 atom stereocenters. The average molecular weight is 684 g/mol. The lowest BCUT2D eigenvalue weighted by Crippen LogP contribution is -2.55. The van der Waals surface area contributed by atoms with Crippen LogP contribution in [0, 0.1) is 23.7 Å². The van der Waals surface area contributed by atoms with Crippen molar-refractivity contribution in [1.29, 1.82) is 0 Å². The van der Waals surface area contributed by atoms with Crippen LogP contribution in [-0.4, -0.2) is 15.0 Å². The Bertz CT molecular complexity index is 2730. The van der Waals surface area contributed by atoms with E-state index >= 15 is 0 Å². The summed E-state index contributed by atoms with van der Waals surface area (Å²) in [6.07, 6.45) is 6.76. The molecule has 0 aliphatic heterocycles. The number of hydrogen-bond donors (Lipinski definition) is 0. The highest BCUT2D eigenvalue weighted by Crippen LogP contribution is 2.70. The van der Waals surface area contributed by atoms with Crippen LogP contribution in [0.2, 0.25) is 0 Å². The summed E-state index contributed by atoms with van der Waals surface area (Å²) in [6.45, 7) is 0. The molecule has 5 aliphatic rings. The molecule has 4 heteroatoms. The minimum atomic E-state index is 0.00160. The summed E-state index contributed by atoms with van der Waals surface area (Å²) in [5.41, 5.74) is 12.9. The predicted octanol–water partition coefficient (Wildman–Crippen LogP) is 12.2. The van der Waals surface area contributed by atoms with Gasteiger partial charge >= 0.3 is 0 Å². The van der Waals surface area contributed by atoms with Crippen molar-refractivity contribution in [3.05, 3.63) is 151 Å². The van der Waals surface area contributed by atoms with Gasteiger partial charge in [-0.05, 0) is 107 Å². The molecular weight excluding hydrogens is 647 g/mol. The van der Waals surface area contributed by atoms with Crippen LogP contribution in [0.5, 0.6) is 0 Å². The van der Waals surface area contributed by atoms with Crippen LogP contribution in [0.15, 0.2) is 144 Å². The van der Waals surface area contributed by atoms with Gasteiger partial charge in [-0.15, -0.1) is 0 Å². The highest BCUT2D eigenvalue weighted by atomic mass is 16.3. The van der Waals surface area contributed by atoms with Gasteiger partial charge in [-0.2, -0.15) is 0 Å². The number of hydrogen-bond acceptors (Lipinski definition) is 4. The van der Waals surface area contributed by atoms with E-state index in [9.17, 15) is 0 Å². The lowest BCUT2D eigenvalue weighted by molar-refractivity contribution is -0.0397. The van der Waals surface area contributed by atoms with Crippen LogP contribution in [0.3, 0.4) is 0 Å². The van der Waals surface area contributed by atoms with Gasteiger partial charge in [0.15, 0.2) is 17.5 Å². The zero-order valence-corrected chi connectivity index (χ0v) is 29.4. The van der Waals surface area contributed by atoms with Crippen LogP contribution in [-0.2, 0) is 5.41 Å². The Kier molecular flexibility index (Phi) is 6.20. The number of para-hydroxylation sites is 1. The third kappa shape index (κ3) is 4.21. The number of rotatable bonds is 4. The third-order valence-electron chi connectivity index (χ3n) is 13.3. The SMILES string of the molecule is c1ccc(-c2nc(-c3cccc(-c4cccc5oc6ccccc6c45)c3)nc(-c3cccc4c3C3(c5ccccc5-4)C4CC5CC(C4)CC3C5)n2)cc1. The van der Waals surface area contributed by atoms with Crippen molar-refractivity contribution >= 4 is 21.9 Å². The van der Waals surface area contributed by atoms with Gasteiger partial charge in [0.25, 0.3) is 0 Å². The molecule has 13 rings (SSSR count). The minimum Gasteiger partial charge on any atom is -0.456 e. The maximum absolute atomic E-state index is 6.27. The van der Waals surface area contributed by atoms with E-state index in [0.717, 1.165) is 67.4 Å². The van der Waals surface area contributed by atoms with E-state index in [2.05, 4.69) is 121 Å². The molecule has 2 aromatic heterocycles. The Morgan fingerprint density at radius 1 is 0.453 bits per heavy atom. The molecule has 1 spiro atoms. The van der Waals surface area contributed by atoms with E-state index in [1.165, 1.54) is 48.8 Å². The summed E-state index contributed by atoms with van der Waals surface area (Å²) in [6, 6.07) is 49.9. The van der Waals surface area contributed by atoms with Gasteiger partial charge in [-0.1, -0.05) is 121 Å². The van der Waals surface area contributed by atoms with Gasteiger partial charge in [0.2, 0.25) is 0 Å². The van der Waals surface area contributed by atoms with Crippen molar-refractivity contribution in [3.8, 4) is 56.4 Å². The fourth-order valence-corrected chi connectivity index (χ4v) is 11.6. The molecule has 4 bridgehead atoms. The first-order valence-corrected chi connectivity index (χ1v) is 19.3. The monoisotopic (exact) mass is 683 g/mol. The number of aromatic nitrogens is 3. The summed E-state index contributed by atoms with van der Waals surface area (Å²) in [4.78, 5) is 16.0. The van der Waals surface area contributed by atoms with E-state index in [0.29, 0.717) is 23.5 Å². The molecule has 254 valence electrons. The van der Waals surface area contributed by atoms with Crippen LogP contribution < -0.4 is 0 Å². The van der Waals surface area contributed by atoms with Gasteiger partial charge in [0.1, 0.15) is 11.2 Å². The van der Waals surface area contributed by atoms with E-state index < -0.39 is 0 Å². The van der Waals surface area contributed by atoms with E-state index in [1.54, 1.807) is 5.56 Å². The van der Waals surface area contributed by atoms with Gasteiger partial charge in [0.05, 0.1) is 0 Å². The molecule has 0 saturated heterocycles. The van der Waals surface area contributed by atoms with Crippen molar-refractivity contribution in [2.24, 2.45) is 23.7 Å². The minimum absolute atomic E-state index is 0.00160. The largest absolute Gasteiger partial charge is 0.456 e. The zero-order valence-electron chi connectivity index (χ0n) is 29.4. The van der Waals surface area contributed by atoms with Crippen molar-refractivity contribution in [2.75, 3.05) is 0 Å². The molecule has 0 amide bonds. The molecule has 53 heavy (non-hydrogen) atoms. The molecule has 4 fully saturated rings. The maximum Gasteiger partial charge on any atom is 0.164 e. The summed E-state index contributed by atoms with van der Waals surface area (Å²) >= 11 is 0. The molecule has 4 nitrogen and oxygen atoms in total. The fraction of sp³-hybridized carbons (Fsp3) is 0.204. The quantitative estimate of drug-likeness (QED) is 0.185. The molecule has 0 unspecified atom stereocenters. The van der Waals surface area contributed by atoms with Crippen molar-refractivity contribution in [1.82, 2.24) is 15.0 Å². The first-order chi connectivity index (χ1) is 26.2. The lowest BCUT2D eigenvalue weighted by atomic mass is 9.43. The van der Waals surface area contributed by atoms with Crippen molar-refractivity contribution < 1.29 is 4.42 Å². The van der Waals surface area contributed by atoms with Gasteiger partial charge in [-0.3, -0.25) is 0 Å². The highest BCUT2D eigenvalue weighted by Gasteiger charge is 2.62. The van der Waals surface area contributed by atoms with E-state index in [1.807, 2.05) is 18.2 Å². The zero-order chi connectivity index (χ0) is 34.7. The molecule has 0 N–H and O–H groups in total. The second-order valence-electron chi connectivity index (χ2n) is 16.0. The fourth-order valence-electron chi connectivity index (χ4n) is 11.6. The third-order valence-corrected chi connectivity index (χ3v) is 13.3. The van der Waals surface area contributed by atoms with Crippen molar-refractivity contribution in [3.63, 3.8) is 0 Å². The maximum atomic E-state index is 6.27. The average Bonchev–Trinajstić information content (AvgIpc) is 3.74. The van der Waals surface area contributed by atoms with Crippen LogP contribution >= 0.6 is 0 Å². The Morgan fingerprint density at radius 3 is 1.89 bits per heavy atom. The second-order valence-corrected chi connectivity index (χ2v) is 16.0. The lowest BCUT2D eigenvalue weighted by Gasteiger charge is -2.61. The predicted molar refractivity (Wildman–Crippen MR) is 212 cm³/mol. The summed E-state index contributed by atoms with van der Waals surface area (Å²) < 4.78 is 6.27. The second kappa shape index (κ2) is 11.1. The van der Waals surface area contributed by atoms with E-state index in [-0.39, 0.29) is 5.41 Å². The van der Waals surface area contributed by atoms with Crippen LogP contribution in [0.4, 0.5) is 0 Å². The van der Waals surface area contributed by atoms with Gasteiger partial charge < -0.3 is 4.42 Å².